The van der Waals surface area contributed by atoms with E-state index in [0.29, 0.717) is 17.0 Å². The van der Waals surface area contributed by atoms with Crippen LogP contribution < -0.4 is 15.5 Å². The van der Waals surface area contributed by atoms with Crippen molar-refractivity contribution in [2.45, 2.75) is 19.1 Å². The molecule has 0 radical (unpaired) electrons. The van der Waals surface area contributed by atoms with Gasteiger partial charge in [-0.3, -0.25) is 15.3 Å². The Kier molecular flexibility index (Phi) is 9.61. The number of hydrogen-bond donors (Lipinski definition) is 4. The van der Waals surface area contributed by atoms with Crippen LogP contribution in [0.4, 0.5) is 10.5 Å². The van der Waals surface area contributed by atoms with E-state index in [2.05, 4.69) is 5.32 Å². The Balaban J connectivity index is 1.95. The summed E-state index contributed by atoms with van der Waals surface area (Å²) in [7, 11) is 0. The van der Waals surface area contributed by atoms with Gasteiger partial charge in [-0.1, -0.05) is 54.6 Å². The van der Waals surface area contributed by atoms with Gasteiger partial charge in [-0.25, -0.2) is 10.3 Å². The molecule has 0 saturated carbocycles. The predicted molar refractivity (Wildman–Crippen MR) is 130 cm³/mol. The molecule has 0 aliphatic carbocycles. The molecule has 0 unspecified atom stereocenters. The van der Waals surface area contributed by atoms with Crippen LogP contribution in [0.2, 0.25) is 0 Å². The van der Waals surface area contributed by atoms with Crippen molar-refractivity contribution in [3.63, 3.8) is 0 Å². The maximum Gasteiger partial charge on any atom is 0.412 e. The molecule has 4 N–H and O–H groups in total. The number of hydroxylamine groups is 1. The Hall–Kier alpha value is -3.92. The lowest BCUT2D eigenvalue weighted by Crippen LogP contribution is -2.29. The summed E-state index contributed by atoms with van der Waals surface area (Å²) in [5.74, 6) is -0.382. The van der Waals surface area contributed by atoms with Gasteiger partial charge in [-0.05, 0) is 30.5 Å². The number of benzene rings is 3. The van der Waals surface area contributed by atoms with Crippen LogP contribution in [0.1, 0.15) is 18.6 Å². The number of ether oxygens (including phenoxy) is 3. The number of anilines is 1. The first kappa shape index (κ1) is 25.7. The summed E-state index contributed by atoms with van der Waals surface area (Å²) in [5.41, 5.74) is 2.56. The smallest absolute Gasteiger partial charge is 0.412 e. The highest BCUT2D eigenvalue weighted by molar-refractivity contribution is 6.00. The van der Waals surface area contributed by atoms with Crippen molar-refractivity contribution >= 4 is 28.5 Å². The van der Waals surface area contributed by atoms with E-state index >= 15 is 0 Å². The van der Waals surface area contributed by atoms with E-state index in [1.807, 2.05) is 36.4 Å². The van der Waals surface area contributed by atoms with E-state index in [9.17, 15) is 14.7 Å². The van der Waals surface area contributed by atoms with Gasteiger partial charge in [0.05, 0.1) is 12.3 Å². The van der Waals surface area contributed by atoms with Crippen LogP contribution in [0.5, 0.6) is 5.75 Å². The first-order valence-corrected chi connectivity index (χ1v) is 11.1. The van der Waals surface area contributed by atoms with Crippen molar-refractivity contribution in [2.75, 3.05) is 25.1 Å². The van der Waals surface area contributed by atoms with Crippen molar-refractivity contribution in [1.29, 1.82) is 0 Å². The Bertz CT molecular complexity index is 1160. The minimum Gasteiger partial charge on any atom is -0.491 e. The number of carbonyl (C=O) groups is 2. The minimum absolute atomic E-state index is 0.0357. The molecular weight excluding hydrogens is 452 g/mol. The number of rotatable bonds is 11. The molecular formula is C26H28N2O7. The summed E-state index contributed by atoms with van der Waals surface area (Å²) >= 11 is 0. The molecule has 0 heterocycles. The summed E-state index contributed by atoms with van der Waals surface area (Å²) in [6, 6.07) is 20.0. The molecule has 0 saturated heterocycles. The molecule has 0 fully saturated rings. The van der Waals surface area contributed by atoms with Gasteiger partial charge >= 0.3 is 6.09 Å². The Morgan fingerprint density at radius 2 is 1.77 bits per heavy atom. The van der Waals surface area contributed by atoms with Gasteiger partial charge in [-0.15, -0.1) is 0 Å². The molecule has 0 aromatic heterocycles. The van der Waals surface area contributed by atoms with Crippen LogP contribution >= 0.6 is 0 Å². The first-order valence-electron chi connectivity index (χ1n) is 11.1. The van der Waals surface area contributed by atoms with Crippen molar-refractivity contribution in [1.82, 2.24) is 5.48 Å². The lowest BCUT2D eigenvalue weighted by molar-refractivity contribution is -0.124. The molecule has 2 atom stereocenters. The molecule has 3 aromatic carbocycles. The third-order valence-corrected chi connectivity index (χ3v) is 5.04. The molecule has 0 bridgehead atoms. The molecule has 35 heavy (non-hydrogen) atoms. The standard InChI is InChI=1S/C26H28N2O7/c1-2-33-23(14-15-24(30)28-32)25(20-11-5-6-13-22(20)34-17-16-29)35-26(31)27-21-12-7-9-18-8-3-4-10-19(18)21/h3-15,23,25,29,32H,2,16-17H2,1H3,(H,27,31)(H,28,30)/b15-14+/t23-,25-/m1/s1. The van der Waals surface area contributed by atoms with E-state index in [0.717, 1.165) is 16.8 Å². The van der Waals surface area contributed by atoms with Crippen LogP contribution in [0.3, 0.4) is 0 Å². The maximum atomic E-state index is 13.1. The highest BCUT2D eigenvalue weighted by atomic mass is 16.6. The quantitative estimate of drug-likeness (QED) is 0.186. The fourth-order valence-corrected chi connectivity index (χ4v) is 3.56. The van der Waals surface area contributed by atoms with E-state index < -0.39 is 24.2 Å². The number of carbonyl (C=O) groups excluding carboxylic acids is 2. The number of fused-ring (bicyclic) bond motifs is 1. The van der Waals surface area contributed by atoms with Crippen LogP contribution in [-0.2, 0) is 14.3 Å². The number of nitrogens with one attached hydrogen (secondary N) is 2. The van der Waals surface area contributed by atoms with Gasteiger partial charge in [0.1, 0.15) is 18.5 Å². The molecule has 2 amide bonds. The Labute approximate surface area is 202 Å². The SMILES string of the molecule is CCO[C@H](/C=C/C(=O)NO)[C@H](OC(=O)Nc1cccc2ccccc12)c1ccccc1OCCO. The van der Waals surface area contributed by atoms with Gasteiger partial charge < -0.3 is 19.3 Å². The highest BCUT2D eigenvalue weighted by Gasteiger charge is 2.29. The van der Waals surface area contributed by atoms with Crippen molar-refractivity contribution in [3.05, 3.63) is 84.4 Å². The van der Waals surface area contributed by atoms with E-state index in [1.165, 1.54) is 11.6 Å². The van der Waals surface area contributed by atoms with Crippen LogP contribution in [0.15, 0.2) is 78.9 Å². The fraction of sp³-hybridized carbons (Fsp3) is 0.231. The molecule has 184 valence electrons. The van der Waals surface area contributed by atoms with E-state index in [4.69, 9.17) is 19.4 Å². The average Bonchev–Trinajstić information content (AvgIpc) is 2.89. The summed E-state index contributed by atoms with van der Waals surface area (Å²) in [4.78, 5) is 24.7. The summed E-state index contributed by atoms with van der Waals surface area (Å²) in [6.07, 6.45) is -0.199. The second-order valence-corrected chi connectivity index (χ2v) is 7.34. The number of hydrogen-bond acceptors (Lipinski definition) is 7. The van der Waals surface area contributed by atoms with Crippen molar-refractivity contribution in [2.24, 2.45) is 0 Å². The lowest BCUT2D eigenvalue weighted by Gasteiger charge is -2.27. The second-order valence-electron chi connectivity index (χ2n) is 7.34. The fourth-order valence-electron chi connectivity index (χ4n) is 3.56. The summed E-state index contributed by atoms with van der Waals surface area (Å²) in [5, 5.41) is 22.6. The molecule has 9 heteroatoms. The van der Waals surface area contributed by atoms with Gasteiger partial charge in [0.2, 0.25) is 0 Å². The van der Waals surface area contributed by atoms with Crippen LogP contribution in [0, 0.1) is 0 Å². The number of aliphatic hydroxyl groups excluding tert-OH is 1. The van der Waals surface area contributed by atoms with E-state index in [-0.39, 0.29) is 19.8 Å². The first-order chi connectivity index (χ1) is 17.1. The predicted octanol–water partition coefficient (Wildman–Crippen LogP) is 3.97. The molecule has 3 aromatic rings. The number of aliphatic hydroxyl groups is 1. The lowest BCUT2D eigenvalue weighted by atomic mass is 10.0. The number of amides is 2. The maximum absolute atomic E-state index is 13.1. The third kappa shape index (κ3) is 7.03. The molecule has 9 nitrogen and oxygen atoms in total. The highest BCUT2D eigenvalue weighted by Crippen LogP contribution is 2.33. The van der Waals surface area contributed by atoms with Gasteiger partial charge in [0.25, 0.3) is 5.91 Å². The Morgan fingerprint density at radius 3 is 2.54 bits per heavy atom. The van der Waals surface area contributed by atoms with Crippen molar-refractivity contribution in [3.8, 4) is 5.75 Å². The van der Waals surface area contributed by atoms with Crippen LogP contribution in [0.25, 0.3) is 10.8 Å². The van der Waals surface area contributed by atoms with Crippen molar-refractivity contribution < 1.29 is 34.1 Å². The zero-order chi connectivity index (χ0) is 25.0. The normalized spacial score (nSPS) is 12.8. The largest absolute Gasteiger partial charge is 0.491 e. The molecule has 3 rings (SSSR count). The molecule has 0 spiro atoms. The number of para-hydroxylation sites is 1. The molecule has 0 aliphatic heterocycles. The second kappa shape index (κ2) is 13.1. The average molecular weight is 481 g/mol. The van der Waals surface area contributed by atoms with Gasteiger partial charge in [-0.2, -0.15) is 0 Å². The zero-order valence-corrected chi connectivity index (χ0v) is 19.2. The van der Waals surface area contributed by atoms with Gasteiger partial charge in [0.15, 0.2) is 6.10 Å². The Morgan fingerprint density at radius 1 is 1.03 bits per heavy atom. The summed E-state index contributed by atoms with van der Waals surface area (Å²) in [6.45, 7) is 1.84. The van der Waals surface area contributed by atoms with E-state index in [1.54, 1.807) is 37.3 Å². The molecule has 0 aliphatic rings. The zero-order valence-electron chi connectivity index (χ0n) is 19.2. The van der Waals surface area contributed by atoms with Gasteiger partial charge in [0, 0.05) is 23.6 Å². The minimum atomic E-state index is -1.03. The van der Waals surface area contributed by atoms with Crippen LogP contribution in [-0.4, -0.2) is 48.2 Å². The topological polar surface area (TPSA) is 126 Å². The third-order valence-electron chi connectivity index (χ3n) is 5.04. The monoisotopic (exact) mass is 480 g/mol. The summed E-state index contributed by atoms with van der Waals surface area (Å²) < 4.78 is 17.2.